The fourth-order valence-corrected chi connectivity index (χ4v) is 5.15. The Morgan fingerprint density at radius 2 is 1.65 bits per heavy atom. The number of ether oxygens (including phenoxy) is 1. The number of amides is 2. The number of imidazole rings is 1. The number of aromatic nitrogens is 2. The molecule has 2 aromatic carbocycles. The van der Waals surface area contributed by atoms with E-state index in [9.17, 15) is 9.59 Å². The highest BCUT2D eigenvalue weighted by Crippen LogP contribution is 2.39. The Balaban J connectivity index is 1.24. The van der Waals surface area contributed by atoms with Crippen molar-refractivity contribution in [3.05, 3.63) is 83.9 Å². The minimum Gasteiger partial charge on any atom is -0.484 e. The second-order valence-electron chi connectivity index (χ2n) is 9.03. The number of likely N-dealkylation sites (tertiary alicyclic amines) is 1. The summed E-state index contributed by atoms with van der Waals surface area (Å²) in [5.74, 6) is 1.11. The maximum Gasteiger partial charge on any atom is 0.260 e. The molecule has 3 heterocycles. The van der Waals surface area contributed by atoms with Crippen LogP contribution >= 0.6 is 0 Å². The summed E-state index contributed by atoms with van der Waals surface area (Å²) in [6.07, 6.45) is 4.60. The van der Waals surface area contributed by atoms with Gasteiger partial charge in [-0.15, -0.1) is 0 Å². The lowest BCUT2D eigenvalue weighted by atomic mass is 9.83. The molecule has 3 aromatic rings. The summed E-state index contributed by atoms with van der Waals surface area (Å²) in [5, 5.41) is 0. The van der Waals surface area contributed by atoms with Gasteiger partial charge in [-0.1, -0.05) is 48.5 Å². The average Bonchev–Trinajstić information content (AvgIpc) is 3.37. The Bertz CT molecular complexity index is 1110. The van der Waals surface area contributed by atoms with Gasteiger partial charge in [0.1, 0.15) is 5.75 Å². The number of para-hydroxylation sites is 1. The SMILES string of the molecule is O=C(COc1ccccc1)N1CCC(C2c3nc[nH]c3CCN2C(=O)Cc2ccccc2)CC1. The number of nitrogens with zero attached hydrogens (tertiary/aromatic N) is 3. The first-order valence-corrected chi connectivity index (χ1v) is 12.0. The number of carbonyl (C=O) groups is 2. The molecule has 0 aliphatic carbocycles. The van der Waals surface area contributed by atoms with Crippen molar-refractivity contribution >= 4 is 11.8 Å². The van der Waals surface area contributed by atoms with Gasteiger partial charge in [-0.05, 0) is 36.5 Å². The molecule has 0 saturated carbocycles. The van der Waals surface area contributed by atoms with Crippen molar-refractivity contribution in [3.8, 4) is 5.75 Å². The number of rotatable bonds is 6. The van der Waals surface area contributed by atoms with E-state index in [-0.39, 0.29) is 30.4 Å². The topological polar surface area (TPSA) is 78.5 Å². The normalized spacial score (nSPS) is 18.4. The summed E-state index contributed by atoms with van der Waals surface area (Å²) in [6, 6.07) is 19.3. The van der Waals surface area contributed by atoms with Crippen LogP contribution in [0, 0.1) is 5.92 Å². The van der Waals surface area contributed by atoms with Gasteiger partial charge in [0.25, 0.3) is 5.91 Å². The van der Waals surface area contributed by atoms with Crippen LogP contribution in [0.4, 0.5) is 0 Å². The number of piperidine rings is 1. The van der Waals surface area contributed by atoms with E-state index in [1.165, 1.54) is 0 Å². The molecule has 34 heavy (non-hydrogen) atoms. The molecule has 2 amide bonds. The van der Waals surface area contributed by atoms with E-state index in [2.05, 4.69) is 9.97 Å². The molecule has 0 radical (unpaired) electrons. The number of benzene rings is 2. The molecule has 7 heteroatoms. The van der Waals surface area contributed by atoms with E-state index in [4.69, 9.17) is 4.74 Å². The van der Waals surface area contributed by atoms with Crippen molar-refractivity contribution < 1.29 is 14.3 Å². The van der Waals surface area contributed by atoms with E-state index in [1.807, 2.05) is 70.5 Å². The van der Waals surface area contributed by atoms with Crippen molar-refractivity contribution in [2.75, 3.05) is 26.2 Å². The monoisotopic (exact) mass is 458 g/mol. The predicted molar refractivity (Wildman–Crippen MR) is 128 cm³/mol. The van der Waals surface area contributed by atoms with Gasteiger partial charge in [0.2, 0.25) is 5.91 Å². The van der Waals surface area contributed by atoms with Gasteiger partial charge in [0.15, 0.2) is 6.61 Å². The van der Waals surface area contributed by atoms with Crippen LogP contribution in [0.5, 0.6) is 5.75 Å². The third kappa shape index (κ3) is 4.83. The smallest absolute Gasteiger partial charge is 0.260 e. The van der Waals surface area contributed by atoms with Crippen molar-refractivity contribution in [3.63, 3.8) is 0 Å². The number of H-pyrrole nitrogens is 1. The lowest BCUT2D eigenvalue weighted by Gasteiger charge is -2.43. The van der Waals surface area contributed by atoms with Crippen molar-refractivity contribution in [2.24, 2.45) is 5.92 Å². The molecule has 0 bridgehead atoms. The minimum atomic E-state index is -0.0518. The second-order valence-corrected chi connectivity index (χ2v) is 9.03. The summed E-state index contributed by atoms with van der Waals surface area (Å²) >= 11 is 0. The number of hydrogen-bond acceptors (Lipinski definition) is 4. The summed E-state index contributed by atoms with van der Waals surface area (Å²) in [7, 11) is 0. The van der Waals surface area contributed by atoms with Gasteiger partial charge in [0.05, 0.1) is 24.5 Å². The molecule has 2 aliphatic heterocycles. The molecule has 1 fully saturated rings. The van der Waals surface area contributed by atoms with Gasteiger partial charge in [0, 0.05) is 31.7 Å². The number of nitrogens with one attached hydrogen (secondary N) is 1. The van der Waals surface area contributed by atoms with Crippen LogP contribution in [-0.2, 0) is 22.4 Å². The lowest BCUT2D eigenvalue weighted by molar-refractivity contribution is -0.138. The van der Waals surface area contributed by atoms with Crippen LogP contribution in [0.1, 0.15) is 35.8 Å². The minimum absolute atomic E-state index is 0.00316. The first kappa shape index (κ1) is 22.2. The number of fused-ring (bicyclic) bond motifs is 1. The molecule has 5 rings (SSSR count). The first-order valence-electron chi connectivity index (χ1n) is 12.0. The molecular weight excluding hydrogens is 428 g/mol. The van der Waals surface area contributed by atoms with Crippen LogP contribution in [0.25, 0.3) is 0 Å². The Labute approximate surface area is 199 Å². The predicted octanol–water partition coefficient (Wildman–Crippen LogP) is 3.40. The Hall–Kier alpha value is -3.61. The van der Waals surface area contributed by atoms with Gasteiger partial charge in [-0.2, -0.15) is 0 Å². The van der Waals surface area contributed by atoms with Crippen molar-refractivity contribution in [2.45, 2.75) is 31.7 Å². The van der Waals surface area contributed by atoms with E-state index >= 15 is 0 Å². The largest absolute Gasteiger partial charge is 0.484 e. The van der Waals surface area contributed by atoms with Gasteiger partial charge < -0.3 is 19.5 Å². The average molecular weight is 459 g/mol. The van der Waals surface area contributed by atoms with E-state index in [0.717, 1.165) is 36.2 Å². The Morgan fingerprint density at radius 1 is 0.941 bits per heavy atom. The molecule has 1 N–H and O–H groups in total. The lowest BCUT2D eigenvalue weighted by Crippen LogP contribution is -2.48. The second kappa shape index (κ2) is 10.1. The first-order chi connectivity index (χ1) is 16.7. The van der Waals surface area contributed by atoms with E-state index < -0.39 is 0 Å². The third-order valence-corrected chi connectivity index (χ3v) is 6.93. The third-order valence-electron chi connectivity index (χ3n) is 6.93. The fraction of sp³-hybridized carbons (Fsp3) is 0.370. The zero-order chi connectivity index (χ0) is 23.3. The van der Waals surface area contributed by atoms with Crippen LogP contribution in [0.3, 0.4) is 0 Å². The molecule has 7 nitrogen and oxygen atoms in total. The fourth-order valence-electron chi connectivity index (χ4n) is 5.15. The number of hydrogen-bond donors (Lipinski definition) is 1. The van der Waals surface area contributed by atoms with Crippen LogP contribution in [0.2, 0.25) is 0 Å². The molecule has 1 aromatic heterocycles. The van der Waals surface area contributed by atoms with Gasteiger partial charge in [-0.25, -0.2) is 4.98 Å². The van der Waals surface area contributed by atoms with Crippen LogP contribution in [-0.4, -0.2) is 57.8 Å². The molecule has 0 spiro atoms. The summed E-state index contributed by atoms with van der Waals surface area (Å²) in [5.41, 5.74) is 3.14. The number of aromatic amines is 1. The van der Waals surface area contributed by atoms with Crippen LogP contribution < -0.4 is 4.74 Å². The zero-order valence-corrected chi connectivity index (χ0v) is 19.2. The zero-order valence-electron chi connectivity index (χ0n) is 19.2. The molecule has 176 valence electrons. The molecule has 1 saturated heterocycles. The molecule has 1 atom stereocenters. The standard InChI is InChI=1S/C27H30N4O3/c32-24(17-20-7-3-1-4-8-20)31-16-13-23-26(29-19-28-23)27(31)21-11-14-30(15-12-21)25(33)18-34-22-9-5-2-6-10-22/h1-10,19,21,27H,11-18H2,(H,28,29). The highest BCUT2D eigenvalue weighted by molar-refractivity contribution is 5.80. The Kier molecular flexibility index (Phi) is 6.60. The highest BCUT2D eigenvalue weighted by atomic mass is 16.5. The number of carbonyl (C=O) groups excluding carboxylic acids is 2. The summed E-state index contributed by atoms with van der Waals surface area (Å²) in [6.45, 7) is 2.07. The highest BCUT2D eigenvalue weighted by Gasteiger charge is 2.39. The molecular formula is C27H30N4O3. The molecule has 2 aliphatic rings. The van der Waals surface area contributed by atoms with Gasteiger partial charge in [-0.3, -0.25) is 9.59 Å². The van der Waals surface area contributed by atoms with Crippen molar-refractivity contribution in [1.29, 1.82) is 0 Å². The van der Waals surface area contributed by atoms with Crippen molar-refractivity contribution in [1.82, 2.24) is 19.8 Å². The maximum atomic E-state index is 13.4. The van der Waals surface area contributed by atoms with E-state index in [0.29, 0.717) is 31.8 Å². The maximum absolute atomic E-state index is 13.4. The van der Waals surface area contributed by atoms with Crippen LogP contribution in [0.15, 0.2) is 67.0 Å². The Morgan fingerprint density at radius 3 is 2.38 bits per heavy atom. The summed E-state index contributed by atoms with van der Waals surface area (Å²) in [4.78, 5) is 37.8. The van der Waals surface area contributed by atoms with E-state index in [1.54, 1.807) is 6.33 Å². The summed E-state index contributed by atoms with van der Waals surface area (Å²) < 4.78 is 5.65. The molecule has 1 unspecified atom stereocenters. The van der Waals surface area contributed by atoms with Gasteiger partial charge >= 0.3 is 0 Å². The quantitative estimate of drug-likeness (QED) is 0.614.